The number of methoxy groups -OCH3 is 1. The van der Waals surface area contributed by atoms with Crippen molar-refractivity contribution >= 4 is 40.6 Å². The Morgan fingerprint density at radius 2 is 2.07 bits per heavy atom. The van der Waals surface area contributed by atoms with Crippen LogP contribution in [0.15, 0.2) is 18.3 Å². The normalized spacial score (nSPS) is 11.1. The Balaban J connectivity index is 2.32. The summed E-state index contributed by atoms with van der Waals surface area (Å²) >= 11 is 5.94. The van der Waals surface area contributed by atoms with Gasteiger partial charge in [-0.05, 0) is 36.2 Å². The standard InChI is InChI=1S/C17H18ClF3N6O3/c1-9-3-4-23-10(7-9)25-14-13(24-5-6-30-8-17(19,20)21)12(26-16(18)27-14)11(22)15(28)29-2/h3-4,7,22,24H,5-6,8H2,1-2H3,(H,23,25,26,27). The van der Waals surface area contributed by atoms with Crippen LogP contribution in [-0.4, -0.2) is 59.7 Å². The molecule has 0 saturated heterocycles. The number of anilines is 3. The third kappa shape index (κ3) is 6.81. The third-order valence-corrected chi connectivity index (χ3v) is 3.65. The Morgan fingerprint density at radius 3 is 2.70 bits per heavy atom. The van der Waals surface area contributed by atoms with Gasteiger partial charge in [0.1, 0.15) is 23.8 Å². The molecule has 162 valence electrons. The second-order valence-corrected chi connectivity index (χ2v) is 6.21. The first kappa shape index (κ1) is 23.3. The zero-order chi connectivity index (χ0) is 22.3. The summed E-state index contributed by atoms with van der Waals surface area (Å²) in [7, 11) is 1.09. The van der Waals surface area contributed by atoms with Gasteiger partial charge in [0.25, 0.3) is 0 Å². The SMILES string of the molecule is COC(=O)C(=N)c1nc(Cl)nc(Nc2cc(C)ccn2)c1NCCOCC(F)(F)F. The minimum absolute atomic E-state index is 0.0497. The summed E-state index contributed by atoms with van der Waals surface area (Å²) < 4.78 is 45.7. The van der Waals surface area contributed by atoms with Crippen LogP contribution in [0.3, 0.4) is 0 Å². The van der Waals surface area contributed by atoms with Crippen LogP contribution in [0.4, 0.5) is 30.5 Å². The van der Waals surface area contributed by atoms with E-state index in [0.29, 0.717) is 5.82 Å². The van der Waals surface area contributed by atoms with Crippen LogP contribution in [0.25, 0.3) is 0 Å². The van der Waals surface area contributed by atoms with E-state index in [-0.39, 0.29) is 35.6 Å². The Kier molecular flexibility index (Phi) is 7.89. The largest absolute Gasteiger partial charge is 0.464 e. The maximum Gasteiger partial charge on any atom is 0.411 e. The van der Waals surface area contributed by atoms with E-state index in [1.807, 2.05) is 6.92 Å². The zero-order valence-electron chi connectivity index (χ0n) is 15.9. The lowest BCUT2D eigenvalue weighted by Gasteiger charge is -2.17. The highest BCUT2D eigenvalue weighted by Crippen LogP contribution is 2.28. The molecule has 0 spiro atoms. The maximum atomic E-state index is 12.2. The third-order valence-electron chi connectivity index (χ3n) is 3.48. The van der Waals surface area contributed by atoms with Crippen LogP contribution < -0.4 is 10.6 Å². The predicted molar refractivity (Wildman–Crippen MR) is 104 cm³/mol. The molecule has 30 heavy (non-hydrogen) atoms. The Hall–Kier alpha value is -2.99. The molecule has 0 unspecified atom stereocenters. The van der Waals surface area contributed by atoms with Crippen molar-refractivity contribution in [3.63, 3.8) is 0 Å². The minimum Gasteiger partial charge on any atom is -0.464 e. The number of ether oxygens (including phenoxy) is 2. The topological polar surface area (TPSA) is 122 Å². The number of carbonyl (C=O) groups excluding carboxylic acids is 1. The highest BCUT2D eigenvalue weighted by atomic mass is 35.5. The van der Waals surface area contributed by atoms with Crippen molar-refractivity contribution in [2.24, 2.45) is 0 Å². The quantitative estimate of drug-likeness (QED) is 0.232. The molecule has 0 radical (unpaired) electrons. The van der Waals surface area contributed by atoms with Crippen LogP contribution in [-0.2, 0) is 14.3 Å². The lowest BCUT2D eigenvalue weighted by Crippen LogP contribution is -2.23. The van der Waals surface area contributed by atoms with Gasteiger partial charge < -0.3 is 20.1 Å². The second kappa shape index (κ2) is 10.2. The first-order chi connectivity index (χ1) is 14.1. The summed E-state index contributed by atoms with van der Waals surface area (Å²) in [5, 5.41) is 13.4. The second-order valence-electron chi connectivity index (χ2n) is 5.87. The van der Waals surface area contributed by atoms with Crippen molar-refractivity contribution in [2.75, 3.05) is 37.5 Å². The van der Waals surface area contributed by atoms with Crippen LogP contribution in [0.2, 0.25) is 5.28 Å². The van der Waals surface area contributed by atoms with Gasteiger partial charge in [-0.3, -0.25) is 5.41 Å². The number of nitrogens with one attached hydrogen (secondary N) is 3. The molecule has 3 N–H and O–H groups in total. The molecule has 0 aliphatic rings. The Bertz CT molecular complexity index is 926. The monoisotopic (exact) mass is 446 g/mol. The van der Waals surface area contributed by atoms with Crippen molar-refractivity contribution in [3.8, 4) is 0 Å². The van der Waals surface area contributed by atoms with Crippen LogP contribution in [0.5, 0.6) is 0 Å². The number of hydrogen-bond acceptors (Lipinski definition) is 9. The van der Waals surface area contributed by atoms with E-state index in [1.54, 1.807) is 18.3 Å². The molecule has 0 aromatic carbocycles. The smallest absolute Gasteiger partial charge is 0.411 e. The number of alkyl halides is 3. The van der Waals surface area contributed by atoms with Crippen LogP contribution in [0, 0.1) is 12.3 Å². The molecular weight excluding hydrogens is 429 g/mol. The van der Waals surface area contributed by atoms with E-state index in [2.05, 4.69) is 35.1 Å². The maximum absolute atomic E-state index is 12.2. The number of halogens is 4. The Labute approximate surface area is 174 Å². The van der Waals surface area contributed by atoms with E-state index < -0.39 is 24.5 Å². The van der Waals surface area contributed by atoms with Gasteiger partial charge in [-0.15, -0.1) is 0 Å². The van der Waals surface area contributed by atoms with Gasteiger partial charge in [0, 0.05) is 12.7 Å². The van der Waals surface area contributed by atoms with Gasteiger partial charge >= 0.3 is 12.1 Å². The lowest BCUT2D eigenvalue weighted by molar-refractivity contribution is -0.172. The minimum atomic E-state index is -4.45. The average molecular weight is 447 g/mol. The summed E-state index contributed by atoms with van der Waals surface area (Å²) in [5.74, 6) is -0.537. The predicted octanol–water partition coefficient (Wildman–Crippen LogP) is 3.11. The zero-order valence-corrected chi connectivity index (χ0v) is 16.7. The average Bonchev–Trinajstić information content (AvgIpc) is 2.66. The van der Waals surface area contributed by atoms with Gasteiger partial charge in [-0.2, -0.15) is 18.2 Å². The number of rotatable bonds is 9. The molecule has 0 aliphatic heterocycles. The van der Waals surface area contributed by atoms with Gasteiger partial charge in [0.2, 0.25) is 5.28 Å². The van der Waals surface area contributed by atoms with Crippen LogP contribution in [0.1, 0.15) is 11.3 Å². The molecule has 9 nitrogen and oxygen atoms in total. The molecule has 2 aromatic rings. The molecule has 0 bridgehead atoms. The molecule has 0 aliphatic carbocycles. The van der Waals surface area contributed by atoms with Crippen molar-refractivity contribution in [1.29, 1.82) is 5.41 Å². The highest BCUT2D eigenvalue weighted by molar-refractivity contribution is 6.43. The van der Waals surface area contributed by atoms with Crippen molar-refractivity contribution in [1.82, 2.24) is 15.0 Å². The van der Waals surface area contributed by atoms with Crippen molar-refractivity contribution < 1.29 is 27.4 Å². The number of aryl methyl sites for hydroxylation is 1. The fraction of sp³-hybridized carbons (Fsp3) is 0.353. The summed E-state index contributed by atoms with van der Waals surface area (Å²) in [6.45, 7) is 0.0258. The summed E-state index contributed by atoms with van der Waals surface area (Å²) in [5.41, 5.74) is 0.118. The molecule has 2 rings (SSSR count). The first-order valence-electron chi connectivity index (χ1n) is 8.43. The lowest BCUT2D eigenvalue weighted by atomic mass is 10.2. The molecule has 0 atom stereocenters. The van der Waals surface area contributed by atoms with E-state index in [4.69, 9.17) is 17.0 Å². The first-order valence-corrected chi connectivity index (χ1v) is 8.81. The molecule has 0 saturated carbocycles. The van der Waals surface area contributed by atoms with E-state index >= 15 is 0 Å². The molecule has 2 aromatic heterocycles. The van der Waals surface area contributed by atoms with Gasteiger partial charge in [-0.1, -0.05) is 0 Å². The fourth-order valence-electron chi connectivity index (χ4n) is 2.23. The van der Waals surface area contributed by atoms with Gasteiger partial charge in [0.05, 0.1) is 13.7 Å². The molecule has 0 amide bonds. The molecular formula is C17H18ClF3N6O3. The summed E-state index contributed by atoms with van der Waals surface area (Å²) in [4.78, 5) is 23.9. The number of carbonyl (C=O) groups is 1. The summed E-state index contributed by atoms with van der Waals surface area (Å²) in [6, 6.07) is 3.48. The fourth-order valence-corrected chi connectivity index (χ4v) is 2.40. The number of aromatic nitrogens is 3. The number of pyridine rings is 1. The van der Waals surface area contributed by atoms with Crippen LogP contribution >= 0.6 is 11.6 Å². The van der Waals surface area contributed by atoms with E-state index in [0.717, 1.165) is 12.7 Å². The number of nitrogens with zero attached hydrogens (tertiary/aromatic N) is 3. The number of esters is 1. The van der Waals surface area contributed by atoms with E-state index in [9.17, 15) is 18.0 Å². The molecule has 2 heterocycles. The number of hydrogen-bond donors (Lipinski definition) is 3. The van der Waals surface area contributed by atoms with Crippen molar-refractivity contribution in [3.05, 3.63) is 34.9 Å². The molecule has 0 fully saturated rings. The highest BCUT2D eigenvalue weighted by Gasteiger charge is 2.27. The van der Waals surface area contributed by atoms with Gasteiger partial charge in [-0.25, -0.2) is 14.8 Å². The van der Waals surface area contributed by atoms with Crippen molar-refractivity contribution in [2.45, 2.75) is 13.1 Å². The Morgan fingerprint density at radius 1 is 1.33 bits per heavy atom. The van der Waals surface area contributed by atoms with E-state index in [1.165, 1.54) is 0 Å². The summed E-state index contributed by atoms with van der Waals surface area (Å²) in [6.07, 6.45) is -2.90. The molecule has 13 heteroatoms. The van der Waals surface area contributed by atoms with Gasteiger partial charge in [0.15, 0.2) is 11.5 Å².